The molecule has 118 valence electrons. The molecule has 5 heteroatoms. The topological polar surface area (TPSA) is 55.5 Å². The molecule has 2 aromatic heterocycles. The van der Waals surface area contributed by atoms with Crippen LogP contribution in [0.3, 0.4) is 0 Å². The van der Waals surface area contributed by atoms with E-state index in [0.29, 0.717) is 18.5 Å². The van der Waals surface area contributed by atoms with Gasteiger partial charge in [-0.3, -0.25) is 9.59 Å². The van der Waals surface area contributed by atoms with Gasteiger partial charge >= 0.3 is 0 Å². The number of furan rings is 1. The monoisotopic (exact) mass is 310 g/mol. The zero-order valence-electron chi connectivity index (χ0n) is 12.9. The molecule has 3 aromatic rings. The number of para-hydroxylation sites is 1. The lowest BCUT2D eigenvalue weighted by Gasteiger charge is -2.21. The highest BCUT2D eigenvalue weighted by atomic mass is 16.3. The fourth-order valence-electron chi connectivity index (χ4n) is 2.61. The van der Waals surface area contributed by atoms with E-state index in [1.807, 2.05) is 41.8 Å². The molecule has 0 atom stereocenters. The second kappa shape index (κ2) is 6.52. The maximum absolute atomic E-state index is 12.6. The molecule has 2 heterocycles. The molecule has 3 rings (SSSR count). The number of pyridine rings is 1. The number of likely N-dealkylation sites (N-methyl/N-ethyl adjacent to an activating group) is 1. The van der Waals surface area contributed by atoms with Crippen LogP contribution in [-0.4, -0.2) is 21.9 Å². The van der Waals surface area contributed by atoms with Gasteiger partial charge in [0.2, 0.25) is 5.91 Å². The number of hydrogen-bond donors (Lipinski definition) is 0. The van der Waals surface area contributed by atoms with Crippen LogP contribution in [0.4, 0.5) is 0 Å². The zero-order chi connectivity index (χ0) is 16.2. The van der Waals surface area contributed by atoms with Crippen molar-refractivity contribution < 1.29 is 9.21 Å². The molecule has 0 saturated carbocycles. The number of hydrogen-bond acceptors (Lipinski definition) is 3. The summed E-state index contributed by atoms with van der Waals surface area (Å²) in [6.45, 7) is 3.16. The van der Waals surface area contributed by atoms with Crippen LogP contribution in [0, 0.1) is 0 Å². The smallest absolute Gasteiger partial charge is 0.242 e. The average Bonchev–Trinajstić information content (AvgIpc) is 3.08. The van der Waals surface area contributed by atoms with Crippen LogP contribution in [0.15, 0.2) is 64.1 Å². The van der Waals surface area contributed by atoms with E-state index in [-0.39, 0.29) is 17.9 Å². The summed E-state index contributed by atoms with van der Waals surface area (Å²) in [4.78, 5) is 26.2. The molecule has 0 fully saturated rings. The Bertz CT molecular complexity index is 865. The summed E-state index contributed by atoms with van der Waals surface area (Å²) < 4.78 is 7.12. The van der Waals surface area contributed by atoms with E-state index >= 15 is 0 Å². The lowest BCUT2D eigenvalue weighted by Crippen LogP contribution is -2.33. The van der Waals surface area contributed by atoms with Gasteiger partial charge < -0.3 is 13.9 Å². The summed E-state index contributed by atoms with van der Waals surface area (Å²) in [5, 5.41) is 0.622. The Balaban J connectivity index is 1.84. The Kier molecular flexibility index (Phi) is 4.28. The predicted molar refractivity (Wildman–Crippen MR) is 88.0 cm³/mol. The van der Waals surface area contributed by atoms with Gasteiger partial charge in [0, 0.05) is 24.2 Å². The minimum atomic E-state index is -0.0350. The Morgan fingerprint density at radius 3 is 2.74 bits per heavy atom. The first-order chi connectivity index (χ1) is 11.2. The quantitative estimate of drug-likeness (QED) is 0.728. The number of rotatable bonds is 5. The Labute approximate surface area is 133 Å². The maximum atomic E-state index is 12.6. The van der Waals surface area contributed by atoms with E-state index in [4.69, 9.17) is 4.42 Å². The van der Waals surface area contributed by atoms with Crippen LogP contribution in [0.5, 0.6) is 0 Å². The van der Waals surface area contributed by atoms with Crippen molar-refractivity contribution in [3.05, 3.63) is 70.9 Å². The number of aromatic nitrogens is 1. The molecule has 5 nitrogen and oxygen atoms in total. The number of fused-ring (bicyclic) bond motifs is 1. The Morgan fingerprint density at radius 1 is 1.17 bits per heavy atom. The molecule has 0 aliphatic carbocycles. The lowest BCUT2D eigenvalue weighted by atomic mass is 10.2. The minimum Gasteiger partial charge on any atom is -0.467 e. The first-order valence-corrected chi connectivity index (χ1v) is 7.57. The standard InChI is InChI=1S/C18H18N2O3/c1-2-19(12-14-6-5-11-23-14)18(22)13-20-10-9-17(21)15-7-3-4-8-16(15)20/h3-11H,2,12-13H2,1H3. The van der Waals surface area contributed by atoms with Gasteiger partial charge in [0.25, 0.3) is 0 Å². The number of carbonyl (C=O) groups excluding carboxylic acids is 1. The second-order valence-corrected chi connectivity index (χ2v) is 5.31. The van der Waals surface area contributed by atoms with Crippen LogP contribution < -0.4 is 5.43 Å². The summed E-state index contributed by atoms with van der Waals surface area (Å²) in [5.41, 5.74) is 0.731. The van der Waals surface area contributed by atoms with Crippen LogP contribution >= 0.6 is 0 Å². The number of nitrogens with zero attached hydrogens (tertiary/aromatic N) is 2. The largest absolute Gasteiger partial charge is 0.467 e. The van der Waals surface area contributed by atoms with Crippen molar-refractivity contribution in [3.8, 4) is 0 Å². The van der Waals surface area contributed by atoms with Crippen molar-refractivity contribution in [1.82, 2.24) is 9.47 Å². The number of benzene rings is 1. The van der Waals surface area contributed by atoms with Gasteiger partial charge in [-0.1, -0.05) is 12.1 Å². The van der Waals surface area contributed by atoms with Crippen molar-refractivity contribution in [1.29, 1.82) is 0 Å². The third-order valence-electron chi connectivity index (χ3n) is 3.85. The van der Waals surface area contributed by atoms with Gasteiger partial charge in [-0.2, -0.15) is 0 Å². The van der Waals surface area contributed by atoms with Gasteiger partial charge in [-0.15, -0.1) is 0 Å². The van der Waals surface area contributed by atoms with E-state index in [1.54, 1.807) is 23.4 Å². The Morgan fingerprint density at radius 2 is 2.00 bits per heavy atom. The maximum Gasteiger partial charge on any atom is 0.242 e. The fraction of sp³-hybridized carbons (Fsp3) is 0.222. The van der Waals surface area contributed by atoms with E-state index in [2.05, 4.69) is 0 Å². The van der Waals surface area contributed by atoms with E-state index < -0.39 is 0 Å². The third-order valence-corrected chi connectivity index (χ3v) is 3.85. The number of amides is 1. The summed E-state index contributed by atoms with van der Waals surface area (Å²) >= 11 is 0. The first-order valence-electron chi connectivity index (χ1n) is 7.57. The Hall–Kier alpha value is -2.82. The highest BCUT2D eigenvalue weighted by molar-refractivity contribution is 5.82. The molecular weight excluding hydrogens is 292 g/mol. The third kappa shape index (κ3) is 3.18. The van der Waals surface area contributed by atoms with Crippen LogP contribution in [0.1, 0.15) is 12.7 Å². The van der Waals surface area contributed by atoms with E-state index in [1.165, 1.54) is 6.07 Å². The van der Waals surface area contributed by atoms with Gasteiger partial charge in [0.05, 0.1) is 18.3 Å². The van der Waals surface area contributed by atoms with Gasteiger partial charge in [0.1, 0.15) is 12.3 Å². The summed E-state index contributed by atoms with van der Waals surface area (Å²) in [5.74, 6) is 0.739. The van der Waals surface area contributed by atoms with Crippen molar-refractivity contribution >= 4 is 16.8 Å². The summed E-state index contributed by atoms with van der Waals surface area (Å²) in [7, 11) is 0. The van der Waals surface area contributed by atoms with Crippen molar-refractivity contribution in [2.45, 2.75) is 20.0 Å². The van der Waals surface area contributed by atoms with Gasteiger partial charge in [0.15, 0.2) is 5.43 Å². The molecule has 23 heavy (non-hydrogen) atoms. The number of carbonyl (C=O) groups is 1. The SMILES string of the molecule is CCN(Cc1ccco1)C(=O)Cn1ccc(=O)c2ccccc21. The molecule has 0 saturated heterocycles. The molecule has 0 spiro atoms. The molecular formula is C18H18N2O3. The van der Waals surface area contributed by atoms with Gasteiger partial charge in [-0.25, -0.2) is 0 Å². The lowest BCUT2D eigenvalue weighted by molar-refractivity contribution is -0.132. The van der Waals surface area contributed by atoms with Gasteiger partial charge in [-0.05, 0) is 31.2 Å². The normalized spacial score (nSPS) is 10.8. The molecule has 1 amide bonds. The second-order valence-electron chi connectivity index (χ2n) is 5.31. The molecule has 1 aromatic carbocycles. The molecule has 0 N–H and O–H groups in total. The fourth-order valence-corrected chi connectivity index (χ4v) is 2.61. The molecule has 0 bridgehead atoms. The average molecular weight is 310 g/mol. The van der Waals surface area contributed by atoms with Crippen LogP contribution in [-0.2, 0) is 17.9 Å². The molecule has 0 aliphatic rings. The van der Waals surface area contributed by atoms with E-state index in [9.17, 15) is 9.59 Å². The first kappa shape index (κ1) is 15.1. The highest BCUT2D eigenvalue weighted by Gasteiger charge is 2.15. The summed E-state index contributed by atoms with van der Waals surface area (Å²) in [6.07, 6.45) is 3.27. The molecule has 0 radical (unpaired) electrons. The van der Waals surface area contributed by atoms with Crippen LogP contribution in [0.2, 0.25) is 0 Å². The molecule has 0 unspecified atom stereocenters. The van der Waals surface area contributed by atoms with Crippen LogP contribution in [0.25, 0.3) is 10.9 Å². The summed E-state index contributed by atoms with van der Waals surface area (Å²) in [6, 6.07) is 12.5. The predicted octanol–water partition coefficient (Wildman–Crippen LogP) is 2.64. The van der Waals surface area contributed by atoms with Crippen molar-refractivity contribution in [2.75, 3.05) is 6.54 Å². The van der Waals surface area contributed by atoms with Crippen molar-refractivity contribution in [2.24, 2.45) is 0 Å². The van der Waals surface area contributed by atoms with Crippen molar-refractivity contribution in [3.63, 3.8) is 0 Å². The minimum absolute atomic E-state index is 0.0160. The highest BCUT2D eigenvalue weighted by Crippen LogP contribution is 2.11. The van der Waals surface area contributed by atoms with E-state index in [0.717, 1.165) is 11.3 Å². The molecule has 0 aliphatic heterocycles. The zero-order valence-corrected chi connectivity index (χ0v) is 12.9.